The van der Waals surface area contributed by atoms with E-state index in [9.17, 15) is 9.00 Å². The van der Waals surface area contributed by atoms with Crippen LogP contribution in [0.3, 0.4) is 0 Å². The molecule has 0 amide bonds. The highest BCUT2D eigenvalue weighted by Gasteiger charge is 2.15. The van der Waals surface area contributed by atoms with E-state index in [-0.39, 0.29) is 11.3 Å². The van der Waals surface area contributed by atoms with Crippen LogP contribution in [0.2, 0.25) is 4.34 Å². The molecule has 0 aliphatic carbocycles. The maximum atomic E-state index is 12.2. The lowest BCUT2D eigenvalue weighted by Gasteiger charge is -2.04. The summed E-state index contributed by atoms with van der Waals surface area (Å²) in [5.41, 5.74) is 0.0819. The molecule has 0 spiro atoms. The van der Waals surface area contributed by atoms with Crippen LogP contribution in [-0.2, 0) is 16.6 Å². The first-order valence-electron chi connectivity index (χ1n) is 5.03. The Morgan fingerprint density at radius 2 is 2.00 bits per heavy atom. The number of thiophene rings is 1. The normalized spacial score (nSPS) is 12.3. The monoisotopic (exact) mass is 300 g/mol. The van der Waals surface area contributed by atoms with Crippen molar-refractivity contribution in [1.29, 1.82) is 0 Å². The summed E-state index contributed by atoms with van der Waals surface area (Å²) in [6.45, 7) is 0. The minimum atomic E-state index is -1.38. The van der Waals surface area contributed by atoms with Crippen molar-refractivity contribution in [2.45, 2.75) is 10.6 Å². The van der Waals surface area contributed by atoms with Crippen LogP contribution in [-0.4, -0.2) is 15.3 Å². The summed E-state index contributed by atoms with van der Waals surface area (Å²) in [6, 6.07) is 9.87. The van der Waals surface area contributed by atoms with E-state index in [0.717, 1.165) is 4.88 Å². The summed E-state index contributed by atoms with van der Waals surface area (Å²) >= 11 is 7.15. The zero-order valence-electron chi connectivity index (χ0n) is 9.13. The van der Waals surface area contributed by atoms with Gasteiger partial charge in [-0.05, 0) is 24.3 Å². The van der Waals surface area contributed by atoms with Gasteiger partial charge in [0.2, 0.25) is 0 Å². The highest BCUT2D eigenvalue weighted by atomic mass is 35.5. The van der Waals surface area contributed by atoms with Crippen LogP contribution in [0.4, 0.5) is 0 Å². The first-order chi connectivity index (χ1) is 8.58. The minimum Gasteiger partial charge on any atom is -0.478 e. The average molecular weight is 301 g/mol. The van der Waals surface area contributed by atoms with Gasteiger partial charge in [0.15, 0.2) is 0 Å². The van der Waals surface area contributed by atoms with Gasteiger partial charge < -0.3 is 5.11 Å². The van der Waals surface area contributed by atoms with Crippen LogP contribution in [0.1, 0.15) is 15.2 Å². The molecule has 2 rings (SSSR count). The van der Waals surface area contributed by atoms with Gasteiger partial charge in [-0.3, -0.25) is 4.21 Å². The van der Waals surface area contributed by atoms with E-state index in [1.807, 2.05) is 0 Å². The topological polar surface area (TPSA) is 54.4 Å². The fraction of sp³-hybridized carbons (Fsp3) is 0.0833. The maximum Gasteiger partial charge on any atom is 0.336 e. The lowest BCUT2D eigenvalue weighted by atomic mass is 10.2. The van der Waals surface area contributed by atoms with Gasteiger partial charge in [-0.15, -0.1) is 11.3 Å². The smallest absolute Gasteiger partial charge is 0.336 e. The molecule has 1 aromatic carbocycles. The third-order valence-corrected chi connectivity index (χ3v) is 5.10. The van der Waals surface area contributed by atoms with Crippen molar-refractivity contribution in [1.82, 2.24) is 0 Å². The number of halogens is 1. The average Bonchev–Trinajstić information content (AvgIpc) is 2.74. The van der Waals surface area contributed by atoms with Gasteiger partial charge in [-0.2, -0.15) is 0 Å². The van der Waals surface area contributed by atoms with Crippen LogP contribution in [0, 0.1) is 0 Å². The Labute approximate surface area is 115 Å². The summed E-state index contributed by atoms with van der Waals surface area (Å²) in [6.07, 6.45) is 0. The molecule has 1 unspecified atom stereocenters. The number of hydrogen-bond donors (Lipinski definition) is 1. The minimum absolute atomic E-state index is 0.0819. The van der Waals surface area contributed by atoms with E-state index in [0.29, 0.717) is 9.23 Å². The Kier molecular flexibility index (Phi) is 4.16. The quantitative estimate of drug-likeness (QED) is 0.941. The molecule has 1 atom stereocenters. The molecule has 94 valence electrons. The number of carboxylic acid groups (broad SMARTS) is 1. The molecular formula is C12H9ClO3S2. The van der Waals surface area contributed by atoms with Crippen molar-refractivity contribution < 1.29 is 14.1 Å². The molecule has 1 aromatic heterocycles. The molecule has 1 N–H and O–H groups in total. The molecule has 1 heterocycles. The van der Waals surface area contributed by atoms with Gasteiger partial charge in [0, 0.05) is 4.88 Å². The van der Waals surface area contributed by atoms with Crippen molar-refractivity contribution in [2.24, 2.45) is 0 Å². The molecule has 18 heavy (non-hydrogen) atoms. The largest absolute Gasteiger partial charge is 0.478 e. The van der Waals surface area contributed by atoms with Gasteiger partial charge in [0.05, 0.1) is 31.3 Å². The van der Waals surface area contributed by atoms with Gasteiger partial charge in [-0.25, -0.2) is 4.79 Å². The molecule has 6 heteroatoms. The zero-order valence-corrected chi connectivity index (χ0v) is 11.5. The van der Waals surface area contributed by atoms with Gasteiger partial charge in [0.1, 0.15) is 0 Å². The van der Waals surface area contributed by atoms with Crippen molar-refractivity contribution in [3.05, 3.63) is 51.2 Å². The Balaban J connectivity index is 2.26. The summed E-state index contributed by atoms with van der Waals surface area (Å²) in [4.78, 5) is 12.2. The third-order valence-electron chi connectivity index (χ3n) is 2.26. The third kappa shape index (κ3) is 2.98. The first-order valence-corrected chi connectivity index (χ1v) is 7.54. The molecule has 0 bridgehead atoms. The van der Waals surface area contributed by atoms with Crippen LogP contribution in [0.25, 0.3) is 0 Å². The van der Waals surface area contributed by atoms with Gasteiger partial charge in [-0.1, -0.05) is 23.7 Å². The molecule has 0 aliphatic rings. The predicted octanol–water partition coefficient (Wildman–Crippen LogP) is 3.41. The molecule has 0 radical (unpaired) electrons. The summed E-state index contributed by atoms with van der Waals surface area (Å²) in [7, 11) is -1.38. The molecular weight excluding hydrogens is 292 g/mol. The molecule has 3 nitrogen and oxygen atoms in total. The number of benzene rings is 1. The first kappa shape index (κ1) is 13.3. The van der Waals surface area contributed by atoms with Crippen molar-refractivity contribution in [2.75, 3.05) is 0 Å². The number of hydrogen-bond acceptors (Lipinski definition) is 3. The fourth-order valence-electron chi connectivity index (χ4n) is 1.48. The van der Waals surface area contributed by atoms with Crippen molar-refractivity contribution in [3.8, 4) is 0 Å². The lowest BCUT2D eigenvalue weighted by molar-refractivity contribution is 0.0693. The van der Waals surface area contributed by atoms with E-state index in [1.54, 1.807) is 30.3 Å². The number of rotatable bonds is 4. The highest BCUT2D eigenvalue weighted by Crippen LogP contribution is 2.25. The van der Waals surface area contributed by atoms with E-state index >= 15 is 0 Å². The predicted molar refractivity (Wildman–Crippen MR) is 72.8 cm³/mol. The molecule has 0 aliphatic heterocycles. The van der Waals surface area contributed by atoms with E-state index in [4.69, 9.17) is 16.7 Å². The summed E-state index contributed by atoms with van der Waals surface area (Å²) in [5, 5.41) is 9.03. The molecule has 2 aromatic rings. The van der Waals surface area contributed by atoms with Gasteiger partial charge >= 0.3 is 5.97 Å². The highest BCUT2D eigenvalue weighted by molar-refractivity contribution is 7.84. The van der Waals surface area contributed by atoms with Crippen LogP contribution < -0.4 is 0 Å². The number of aromatic carboxylic acids is 1. The van der Waals surface area contributed by atoms with E-state index in [2.05, 4.69) is 0 Å². The summed E-state index contributed by atoms with van der Waals surface area (Å²) in [5.74, 6) is -0.787. The molecule has 0 saturated heterocycles. The van der Waals surface area contributed by atoms with E-state index < -0.39 is 16.8 Å². The Bertz CT molecular complexity index is 607. The van der Waals surface area contributed by atoms with E-state index in [1.165, 1.54) is 17.4 Å². The number of carbonyl (C=O) groups is 1. The van der Waals surface area contributed by atoms with Crippen LogP contribution in [0.15, 0.2) is 41.3 Å². The zero-order chi connectivity index (χ0) is 13.1. The second-order valence-corrected chi connectivity index (χ2v) is 6.72. The van der Waals surface area contributed by atoms with Crippen LogP contribution >= 0.6 is 22.9 Å². The second-order valence-electron chi connectivity index (χ2n) is 3.50. The SMILES string of the molecule is O=C(O)c1ccccc1S(=O)Cc1ccc(Cl)s1. The lowest BCUT2D eigenvalue weighted by Crippen LogP contribution is -2.05. The second kappa shape index (κ2) is 5.65. The summed E-state index contributed by atoms with van der Waals surface area (Å²) < 4.78 is 12.8. The standard InChI is InChI=1S/C12H9ClO3S2/c13-11-6-5-8(17-11)7-18(16)10-4-2-1-3-9(10)12(14)15/h1-6H,7H2,(H,14,15). The van der Waals surface area contributed by atoms with Crippen molar-refractivity contribution >= 4 is 39.7 Å². The Hall–Kier alpha value is -1.17. The van der Waals surface area contributed by atoms with Crippen molar-refractivity contribution in [3.63, 3.8) is 0 Å². The maximum absolute atomic E-state index is 12.2. The molecule has 0 saturated carbocycles. The molecule has 0 fully saturated rings. The fourth-order valence-corrected chi connectivity index (χ4v) is 4.06. The van der Waals surface area contributed by atoms with Gasteiger partial charge in [0.25, 0.3) is 0 Å². The Morgan fingerprint density at radius 1 is 1.28 bits per heavy atom. The number of carboxylic acids is 1. The van der Waals surface area contributed by atoms with Crippen LogP contribution in [0.5, 0.6) is 0 Å². The Morgan fingerprint density at radius 3 is 2.61 bits per heavy atom.